The van der Waals surface area contributed by atoms with Crippen LogP contribution in [0.2, 0.25) is 0 Å². The number of nitrogens with one attached hydrogen (secondary N) is 1. The quantitative estimate of drug-likeness (QED) is 0.823. The topological polar surface area (TPSA) is 77.2 Å². The summed E-state index contributed by atoms with van der Waals surface area (Å²) in [5, 5.41) is 3.99. The van der Waals surface area contributed by atoms with Crippen LogP contribution in [-0.4, -0.2) is 23.6 Å². The number of rotatable bonds is 4. The number of carbonyl (C=O) groups excluding carboxylic acids is 1. The standard InChI is InChI=1S/C14H17N3O2/c1-3-19-14(18)9(2)17-13-10-6-4-5-7-12(10)16-8-11(13)15/h4-9H,3,15H2,1-2H3,(H,16,17). The highest BCUT2D eigenvalue weighted by Crippen LogP contribution is 2.28. The van der Waals surface area contributed by atoms with E-state index in [1.165, 1.54) is 0 Å². The van der Waals surface area contributed by atoms with Crippen molar-refractivity contribution in [1.82, 2.24) is 4.98 Å². The Morgan fingerprint density at radius 2 is 2.21 bits per heavy atom. The van der Waals surface area contributed by atoms with Gasteiger partial charge in [0.2, 0.25) is 0 Å². The average molecular weight is 259 g/mol. The Bertz CT molecular complexity index is 598. The van der Waals surface area contributed by atoms with Gasteiger partial charge in [0.15, 0.2) is 0 Å². The van der Waals surface area contributed by atoms with Crippen molar-refractivity contribution in [3.8, 4) is 0 Å². The predicted molar refractivity (Wildman–Crippen MR) is 75.9 cm³/mol. The molecule has 0 aliphatic heterocycles. The summed E-state index contributed by atoms with van der Waals surface area (Å²) >= 11 is 0. The Balaban J connectivity index is 2.34. The number of anilines is 2. The molecule has 2 rings (SSSR count). The summed E-state index contributed by atoms with van der Waals surface area (Å²) in [6, 6.07) is 7.16. The zero-order chi connectivity index (χ0) is 13.8. The number of para-hydroxylation sites is 1. The zero-order valence-corrected chi connectivity index (χ0v) is 11.0. The third-order valence-corrected chi connectivity index (χ3v) is 2.81. The van der Waals surface area contributed by atoms with Crippen molar-refractivity contribution < 1.29 is 9.53 Å². The Kier molecular flexibility index (Phi) is 3.85. The van der Waals surface area contributed by atoms with Gasteiger partial charge < -0.3 is 15.8 Å². The molecular weight excluding hydrogens is 242 g/mol. The first-order valence-electron chi connectivity index (χ1n) is 6.20. The second-order valence-electron chi connectivity index (χ2n) is 4.22. The first kappa shape index (κ1) is 13.1. The van der Waals surface area contributed by atoms with Crippen molar-refractivity contribution >= 4 is 28.2 Å². The first-order valence-corrected chi connectivity index (χ1v) is 6.20. The second kappa shape index (κ2) is 5.56. The van der Waals surface area contributed by atoms with E-state index in [2.05, 4.69) is 10.3 Å². The van der Waals surface area contributed by atoms with Crippen LogP contribution in [0.5, 0.6) is 0 Å². The van der Waals surface area contributed by atoms with Crippen LogP contribution < -0.4 is 11.1 Å². The molecule has 3 N–H and O–H groups in total. The number of carbonyl (C=O) groups is 1. The molecule has 0 spiro atoms. The Labute approximate surface area is 111 Å². The summed E-state index contributed by atoms with van der Waals surface area (Å²) in [6.45, 7) is 3.88. The summed E-state index contributed by atoms with van der Waals surface area (Å²) in [4.78, 5) is 15.9. The molecule has 0 radical (unpaired) electrons. The highest BCUT2D eigenvalue weighted by Gasteiger charge is 2.16. The molecule has 1 aromatic carbocycles. The van der Waals surface area contributed by atoms with Crippen LogP contribution in [0.15, 0.2) is 30.5 Å². The normalized spacial score (nSPS) is 12.1. The number of ether oxygens (including phenoxy) is 1. The molecule has 0 saturated carbocycles. The molecule has 5 nitrogen and oxygen atoms in total. The maximum absolute atomic E-state index is 11.7. The van der Waals surface area contributed by atoms with E-state index in [0.29, 0.717) is 18.0 Å². The number of hydrogen-bond donors (Lipinski definition) is 2. The van der Waals surface area contributed by atoms with Gasteiger partial charge in [-0.3, -0.25) is 4.98 Å². The molecule has 100 valence electrons. The lowest BCUT2D eigenvalue weighted by molar-refractivity contribution is -0.143. The molecule has 1 unspecified atom stereocenters. The highest BCUT2D eigenvalue weighted by molar-refractivity contribution is 5.98. The van der Waals surface area contributed by atoms with Gasteiger partial charge in [0, 0.05) is 5.39 Å². The number of nitrogens with two attached hydrogens (primary N) is 1. The maximum atomic E-state index is 11.7. The van der Waals surface area contributed by atoms with Gasteiger partial charge in [-0.25, -0.2) is 4.79 Å². The van der Waals surface area contributed by atoms with Crippen molar-refractivity contribution in [3.63, 3.8) is 0 Å². The van der Waals surface area contributed by atoms with E-state index < -0.39 is 6.04 Å². The van der Waals surface area contributed by atoms with Crippen LogP contribution in [0, 0.1) is 0 Å². The number of hydrogen-bond acceptors (Lipinski definition) is 5. The Morgan fingerprint density at radius 3 is 2.95 bits per heavy atom. The van der Waals surface area contributed by atoms with Crippen molar-refractivity contribution in [2.45, 2.75) is 19.9 Å². The minimum Gasteiger partial charge on any atom is -0.464 e. The van der Waals surface area contributed by atoms with E-state index in [9.17, 15) is 4.79 Å². The van der Waals surface area contributed by atoms with Crippen LogP contribution in [0.3, 0.4) is 0 Å². The largest absolute Gasteiger partial charge is 0.464 e. The molecule has 1 aromatic heterocycles. The summed E-state index contributed by atoms with van der Waals surface area (Å²) in [5.74, 6) is -0.303. The van der Waals surface area contributed by atoms with Gasteiger partial charge in [-0.15, -0.1) is 0 Å². The zero-order valence-electron chi connectivity index (χ0n) is 11.0. The van der Waals surface area contributed by atoms with Gasteiger partial charge >= 0.3 is 5.97 Å². The van der Waals surface area contributed by atoms with Crippen LogP contribution in [0.1, 0.15) is 13.8 Å². The molecule has 0 aliphatic rings. The van der Waals surface area contributed by atoms with Gasteiger partial charge in [-0.1, -0.05) is 18.2 Å². The fourth-order valence-corrected chi connectivity index (χ4v) is 1.86. The molecule has 5 heteroatoms. The lowest BCUT2D eigenvalue weighted by Crippen LogP contribution is -2.28. The number of nitrogens with zero attached hydrogens (tertiary/aromatic N) is 1. The number of pyridine rings is 1. The minimum atomic E-state index is -0.465. The van der Waals surface area contributed by atoms with Crippen LogP contribution in [0.4, 0.5) is 11.4 Å². The number of fused-ring (bicyclic) bond motifs is 1. The van der Waals surface area contributed by atoms with Crippen molar-refractivity contribution in [1.29, 1.82) is 0 Å². The molecule has 0 saturated heterocycles. The molecule has 1 heterocycles. The molecule has 0 fully saturated rings. The van der Waals surface area contributed by atoms with Gasteiger partial charge in [-0.2, -0.15) is 0 Å². The minimum absolute atomic E-state index is 0.303. The lowest BCUT2D eigenvalue weighted by Gasteiger charge is -2.17. The SMILES string of the molecule is CCOC(=O)C(C)Nc1c(N)cnc2ccccc12. The summed E-state index contributed by atoms with van der Waals surface area (Å²) in [6.07, 6.45) is 1.59. The van der Waals surface area contributed by atoms with Crippen molar-refractivity contribution in [2.24, 2.45) is 0 Å². The molecule has 0 amide bonds. The average Bonchev–Trinajstić information content (AvgIpc) is 2.42. The summed E-state index contributed by atoms with van der Waals surface area (Å²) in [5.41, 5.74) is 7.98. The van der Waals surface area contributed by atoms with Crippen LogP contribution in [0.25, 0.3) is 10.9 Å². The Morgan fingerprint density at radius 1 is 1.47 bits per heavy atom. The molecule has 0 bridgehead atoms. The van der Waals surface area contributed by atoms with Crippen LogP contribution >= 0.6 is 0 Å². The monoisotopic (exact) mass is 259 g/mol. The van der Waals surface area contributed by atoms with Gasteiger partial charge in [0.05, 0.1) is 29.7 Å². The first-order chi connectivity index (χ1) is 9.13. The molecule has 1 atom stereocenters. The maximum Gasteiger partial charge on any atom is 0.328 e. The number of esters is 1. The van der Waals surface area contributed by atoms with Crippen molar-refractivity contribution in [2.75, 3.05) is 17.7 Å². The smallest absolute Gasteiger partial charge is 0.328 e. The molecule has 19 heavy (non-hydrogen) atoms. The fourth-order valence-electron chi connectivity index (χ4n) is 1.86. The second-order valence-corrected chi connectivity index (χ2v) is 4.22. The Hall–Kier alpha value is -2.30. The van der Waals surface area contributed by atoms with Crippen LogP contribution in [-0.2, 0) is 9.53 Å². The molecular formula is C14H17N3O2. The van der Waals surface area contributed by atoms with E-state index in [0.717, 1.165) is 10.9 Å². The number of benzene rings is 1. The van der Waals surface area contributed by atoms with E-state index in [1.807, 2.05) is 24.3 Å². The lowest BCUT2D eigenvalue weighted by atomic mass is 10.1. The fraction of sp³-hybridized carbons (Fsp3) is 0.286. The third kappa shape index (κ3) is 2.76. The highest BCUT2D eigenvalue weighted by atomic mass is 16.5. The van der Waals surface area contributed by atoms with E-state index in [4.69, 9.17) is 10.5 Å². The van der Waals surface area contributed by atoms with Crippen molar-refractivity contribution in [3.05, 3.63) is 30.5 Å². The van der Waals surface area contributed by atoms with Gasteiger partial charge in [0.25, 0.3) is 0 Å². The third-order valence-electron chi connectivity index (χ3n) is 2.81. The summed E-state index contributed by atoms with van der Waals surface area (Å²) < 4.78 is 4.97. The van der Waals surface area contributed by atoms with E-state index in [-0.39, 0.29) is 5.97 Å². The number of nitrogen functional groups attached to an aromatic ring is 1. The molecule has 2 aromatic rings. The van der Waals surface area contributed by atoms with E-state index >= 15 is 0 Å². The summed E-state index contributed by atoms with van der Waals surface area (Å²) in [7, 11) is 0. The van der Waals surface area contributed by atoms with E-state index in [1.54, 1.807) is 20.0 Å². The number of aromatic nitrogens is 1. The molecule has 0 aliphatic carbocycles. The predicted octanol–water partition coefficient (Wildman–Crippen LogP) is 2.18. The van der Waals surface area contributed by atoms with Gasteiger partial charge in [0.1, 0.15) is 6.04 Å². The van der Waals surface area contributed by atoms with Gasteiger partial charge in [-0.05, 0) is 19.9 Å².